The summed E-state index contributed by atoms with van der Waals surface area (Å²) in [5, 5.41) is 7.99. The van der Waals surface area contributed by atoms with Crippen LogP contribution in [0.2, 0.25) is 0 Å². The summed E-state index contributed by atoms with van der Waals surface area (Å²) < 4.78 is 2.15. The first kappa shape index (κ1) is 14.8. The van der Waals surface area contributed by atoms with Crippen LogP contribution in [0.4, 0.5) is 0 Å². The van der Waals surface area contributed by atoms with Crippen LogP contribution in [0, 0.1) is 13.8 Å². The zero-order chi connectivity index (χ0) is 14.5. The summed E-state index contributed by atoms with van der Waals surface area (Å²) in [5.41, 5.74) is 5.17. The van der Waals surface area contributed by atoms with Crippen LogP contribution in [0.1, 0.15) is 41.9 Å². The van der Waals surface area contributed by atoms with Crippen LogP contribution in [0.25, 0.3) is 0 Å². The van der Waals surface area contributed by atoms with Crippen LogP contribution in [-0.4, -0.2) is 16.8 Å². The molecule has 2 rings (SSSR count). The molecule has 0 spiro atoms. The lowest BCUT2D eigenvalue weighted by molar-refractivity contribution is 0.559. The molecule has 0 saturated heterocycles. The van der Waals surface area contributed by atoms with Gasteiger partial charge in [-0.2, -0.15) is 5.10 Å². The van der Waals surface area contributed by atoms with Gasteiger partial charge in [-0.25, -0.2) is 0 Å². The molecule has 1 aromatic heterocycles. The molecule has 1 heterocycles. The van der Waals surface area contributed by atoms with E-state index in [0.717, 1.165) is 25.1 Å². The predicted octanol–water partition coefficient (Wildman–Crippen LogP) is 3.41. The second-order valence-corrected chi connectivity index (χ2v) is 5.41. The molecule has 0 aliphatic rings. The van der Waals surface area contributed by atoms with Crippen molar-refractivity contribution in [3.8, 4) is 0 Å². The Kier molecular flexibility index (Phi) is 4.96. The molecule has 0 radical (unpaired) electrons. The lowest BCUT2D eigenvalue weighted by atomic mass is 10.1. The number of hydrogen-bond acceptors (Lipinski definition) is 2. The molecule has 1 atom stereocenters. The van der Waals surface area contributed by atoms with Crippen molar-refractivity contribution in [1.82, 2.24) is 15.1 Å². The Morgan fingerprint density at radius 2 is 1.90 bits per heavy atom. The molecule has 20 heavy (non-hydrogen) atoms. The molecule has 3 heteroatoms. The SMILES string of the molecule is CNC(C)c1c(C)nn(CCCc2ccccc2)c1C. The number of nitrogens with one attached hydrogen (secondary N) is 1. The molecular weight excluding hydrogens is 246 g/mol. The van der Waals surface area contributed by atoms with E-state index in [1.807, 2.05) is 7.05 Å². The first-order valence-electron chi connectivity index (χ1n) is 7.38. The normalized spacial score (nSPS) is 12.6. The standard InChI is InChI=1S/C17H25N3/c1-13(18-4)17-14(2)19-20(15(17)3)12-8-11-16-9-6-5-7-10-16/h5-7,9-10,13,18H,8,11-12H2,1-4H3. The molecule has 3 nitrogen and oxygen atoms in total. The molecule has 0 aliphatic heterocycles. The topological polar surface area (TPSA) is 29.9 Å². The van der Waals surface area contributed by atoms with Gasteiger partial charge in [-0.15, -0.1) is 0 Å². The minimum atomic E-state index is 0.359. The van der Waals surface area contributed by atoms with Crippen molar-refractivity contribution < 1.29 is 0 Å². The highest BCUT2D eigenvalue weighted by Gasteiger charge is 2.15. The van der Waals surface area contributed by atoms with Crippen LogP contribution in [0.5, 0.6) is 0 Å². The summed E-state index contributed by atoms with van der Waals surface area (Å²) in [6.07, 6.45) is 2.23. The quantitative estimate of drug-likeness (QED) is 0.872. The zero-order valence-electron chi connectivity index (χ0n) is 13.0. The van der Waals surface area contributed by atoms with E-state index < -0.39 is 0 Å². The maximum Gasteiger partial charge on any atom is 0.0644 e. The van der Waals surface area contributed by atoms with E-state index in [4.69, 9.17) is 0 Å². The van der Waals surface area contributed by atoms with Gasteiger partial charge in [0.2, 0.25) is 0 Å². The third kappa shape index (κ3) is 3.28. The number of aromatic nitrogens is 2. The highest BCUT2D eigenvalue weighted by molar-refractivity contribution is 5.27. The summed E-state index contributed by atoms with van der Waals surface area (Å²) in [4.78, 5) is 0. The van der Waals surface area contributed by atoms with E-state index in [2.05, 4.69) is 66.2 Å². The van der Waals surface area contributed by atoms with Gasteiger partial charge >= 0.3 is 0 Å². The fraction of sp³-hybridized carbons (Fsp3) is 0.471. The first-order chi connectivity index (χ1) is 9.63. The smallest absolute Gasteiger partial charge is 0.0644 e. The summed E-state index contributed by atoms with van der Waals surface area (Å²) in [6, 6.07) is 11.0. The van der Waals surface area contributed by atoms with Gasteiger partial charge in [0, 0.05) is 23.8 Å². The number of aryl methyl sites for hydroxylation is 3. The molecule has 0 amide bonds. The summed E-state index contributed by atoms with van der Waals surface area (Å²) in [6.45, 7) is 7.44. The van der Waals surface area contributed by atoms with Crippen LogP contribution < -0.4 is 5.32 Å². The average molecular weight is 271 g/mol. The Bertz CT molecular complexity index is 543. The summed E-state index contributed by atoms with van der Waals surface area (Å²) in [7, 11) is 2.00. The number of nitrogens with zero attached hydrogens (tertiary/aromatic N) is 2. The molecule has 0 fully saturated rings. The van der Waals surface area contributed by atoms with Crippen LogP contribution in [0.15, 0.2) is 30.3 Å². The number of benzene rings is 1. The Morgan fingerprint density at radius 3 is 2.55 bits per heavy atom. The Balaban J connectivity index is 2.00. The van der Waals surface area contributed by atoms with Crippen LogP contribution in [-0.2, 0) is 13.0 Å². The minimum absolute atomic E-state index is 0.359. The Hall–Kier alpha value is -1.61. The molecule has 1 N–H and O–H groups in total. The van der Waals surface area contributed by atoms with E-state index in [-0.39, 0.29) is 0 Å². The van der Waals surface area contributed by atoms with E-state index in [9.17, 15) is 0 Å². The number of hydrogen-bond donors (Lipinski definition) is 1. The van der Waals surface area contributed by atoms with E-state index in [1.54, 1.807) is 0 Å². The molecule has 108 valence electrons. The molecule has 1 aromatic carbocycles. The maximum atomic E-state index is 4.69. The van der Waals surface area contributed by atoms with Crippen molar-refractivity contribution >= 4 is 0 Å². The average Bonchev–Trinajstić information content (AvgIpc) is 2.74. The Morgan fingerprint density at radius 1 is 1.20 bits per heavy atom. The predicted molar refractivity (Wildman–Crippen MR) is 83.9 cm³/mol. The molecule has 0 saturated carbocycles. The Labute approximate surface area is 122 Å². The van der Waals surface area contributed by atoms with Crippen molar-refractivity contribution in [3.05, 3.63) is 52.8 Å². The summed E-state index contributed by atoms with van der Waals surface area (Å²) in [5.74, 6) is 0. The highest BCUT2D eigenvalue weighted by atomic mass is 15.3. The number of rotatable bonds is 6. The van der Waals surface area contributed by atoms with Gasteiger partial charge in [0.1, 0.15) is 0 Å². The van der Waals surface area contributed by atoms with Crippen molar-refractivity contribution in [3.63, 3.8) is 0 Å². The van der Waals surface area contributed by atoms with Gasteiger partial charge in [0.15, 0.2) is 0 Å². The molecule has 0 aliphatic carbocycles. The monoisotopic (exact) mass is 271 g/mol. The molecular formula is C17H25N3. The van der Waals surface area contributed by atoms with E-state index in [0.29, 0.717) is 6.04 Å². The molecule has 0 bridgehead atoms. The first-order valence-corrected chi connectivity index (χ1v) is 7.38. The van der Waals surface area contributed by atoms with Crippen molar-refractivity contribution in [2.24, 2.45) is 0 Å². The van der Waals surface area contributed by atoms with Gasteiger partial charge in [0.25, 0.3) is 0 Å². The van der Waals surface area contributed by atoms with Crippen LogP contribution >= 0.6 is 0 Å². The van der Waals surface area contributed by atoms with Gasteiger partial charge < -0.3 is 5.32 Å². The van der Waals surface area contributed by atoms with Crippen molar-refractivity contribution in [1.29, 1.82) is 0 Å². The zero-order valence-corrected chi connectivity index (χ0v) is 13.0. The van der Waals surface area contributed by atoms with Gasteiger partial charge in [-0.3, -0.25) is 4.68 Å². The largest absolute Gasteiger partial charge is 0.313 e. The van der Waals surface area contributed by atoms with Crippen molar-refractivity contribution in [2.45, 2.75) is 46.2 Å². The van der Waals surface area contributed by atoms with E-state index in [1.165, 1.54) is 16.8 Å². The molecule has 1 unspecified atom stereocenters. The minimum Gasteiger partial charge on any atom is -0.313 e. The van der Waals surface area contributed by atoms with E-state index >= 15 is 0 Å². The van der Waals surface area contributed by atoms with Gasteiger partial charge in [-0.1, -0.05) is 30.3 Å². The second kappa shape index (κ2) is 6.71. The lowest BCUT2D eigenvalue weighted by Gasteiger charge is -2.11. The summed E-state index contributed by atoms with van der Waals surface area (Å²) >= 11 is 0. The fourth-order valence-electron chi connectivity index (χ4n) is 2.78. The maximum absolute atomic E-state index is 4.69. The van der Waals surface area contributed by atoms with Crippen LogP contribution in [0.3, 0.4) is 0 Å². The van der Waals surface area contributed by atoms with Gasteiger partial charge in [-0.05, 0) is 46.2 Å². The van der Waals surface area contributed by atoms with Gasteiger partial charge in [0.05, 0.1) is 5.69 Å². The highest BCUT2D eigenvalue weighted by Crippen LogP contribution is 2.21. The molecule has 2 aromatic rings. The third-order valence-corrected chi connectivity index (χ3v) is 3.98. The fourth-order valence-corrected chi connectivity index (χ4v) is 2.78. The second-order valence-electron chi connectivity index (χ2n) is 5.41. The third-order valence-electron chi connectivity index (χ3n) is 3.98. The van der Waals surface area contributed by atoms with Crippen molar-refractivity contribution in [2.75, 3.05) is 7.05 Å². The lowest BCUT2D eigenvalue weighted by Crippen LogP contribution is -2.14.